The van der Waals surface area contributed by atoms with Crippen molar-refractivity contribution in [3.8, 4) is 0 Å². The quantitative estimate of drug-likeness (QED) is 0.471. The molecule has 1 aromatic rings. The molecular weight excluding hydrogens is 162 g/mol. The van der Waals surface area contributed by atoms with E-state index in [1.54, 1.807) is 0 Å². The van der Waals surface area contributed by atoms with Crippen LogP contribution in [0.15, 0.2) is 24.3 Å². The first-order valence-electron chi connectivity index (χ1n) is 4.63. The number of benzene rings is 1. The third-order valence-electron chi connectivity index (χ3n) is 1.83. The van der Waals surface area contributed by atoms with E-state index in [4.69, 9.17) is 5.73 Å². The highest BCUT2D eigenvalue weighted by Crippen LogP contribution is 2.15. The van der Waals surface area contributed by atoms with Gasteiger partial charge >= 0.3 is 0 Å². The highest BCUT2D eigenvalue weighted by atomic mass is 14.9. The fourth-order valence-corrected chi connectivity index (χ4v) is 1.12. The molecule has 3 nitrogen and oxygen atoms in total. The van der Waals surface area contributed by atoms with Gasteiger partial charge in [0.15, 0.2) is 0 Å². The predicted molar refractivity (Wildman–Crippen MR) is 57.9 cm³/mol. The molecule has 0 saturated carbocycles. The van der Waals surface area contributed by atoms with Crippen molar-refractivity contribution in [2.24, 2.45) is 0 Å². The Hall–Kier alpha value is -1.22. The third kappa shape index (κ3) is 3.34. The van der Waals surface area contributed by atoms with Crippen molar-refractivity contribution in [3.05, 3.63) is 24.3 Å². The van der Waals surface area contributed by atoms with Gasteiger partial charge in [-0.25, -0.2) is 0 Å². The van der Waals surface area contributed by atoms with E-state index >= 15 is 0 Å². The van der Waals surface area contributed by atoms with Gasteiger partial charge in [0.25, 0.3) is 0 Å². The fourth-order valence-electron chi connectivity index (χ4n) is 1.12. The van der Waals surface area contributed by atoms with E-state index in [-0.39, 0.29) is 0 Å². The zero-order valence-electron chi connectivity index (χ0n) is 8.01. The molecule has 0 fully saturated rings. The number of hydrogen-bond donors (Lipinski definition) is 3. The molecular formula is C10H17N3. The second kappa shape index (κ2) is 5.43. The zero-order chi connectivity index (χ0) is 9.52. The summed E-state index contributed by atoms with van der Waals surface area (Å²) >= 11 is 0. The summed E-state index contributed by atoms with van der Waals surface area (Å²) in [5.74, 6) is 0. The Morgan fingerprint density at radius 3 is 2.69 bits per heavy atom. The molecule has 0 aliphatic heterocycles. The molecule has 1 aromatic carbocycles. The minimum atomic E-state index is 0.805. The van der Waals surface area contributed by atoms with Crippen LogP contribution in [0.4, 0.5) is 11.4 Å². The average Bonchev–Trinajstić information content (AvgIpc) is 2.15. The first-order chi connectivity index (χ1) is 6.34. The minimum Gasteiger partial charge on any atom is -0.397 e. The van der Waals surface area contributed by atoms with Crippen molar-refractivity contribution in [2.45, 2.75) is 6.92 Å². The topological polar surface area (TPSA) is 50.1 Å². The smallest absolute Gasteiger partial charge is 0.0574 e. The average molecular weight is 179 g/mol. The van der Waals surface area contributed by atoms with Crippen molar-refractivity contribution >= 4 is 11.4 Å². The van der Waals surface area contributed by atoms with E-state index in [1.165, 1.54) is 0 Å². The summed E-state index contributed by atoms with van der Waals surface area (Å²) in [5, 5.41) is 6.49. The molecule has 0 aliphatic carbocycles. The van der Waals surface area contributed by atoms with E-state index in [2.05, 4.69) is 17.6 Å². The van der Waals surface area contributed by atoms with Crippen molar-refractivity contribution in [3.63, 3.8) is 0 Å². The van der Waals surface area contributed by atoms with Gasteiger partial charge in [-0.05, 0) is 18.7 Å². The maximum atomic E-state index is 5.75. The molecule has 0 aliphatic rings. The number of para-hydroxylation sites is 2. The second-order valence-corrected chi connectivity index (χ2v) is 2.87. The molecule has 0 atom stereocenters. The number of nitrogen functional groups attached to an aromatic ring is 1. The Morgan fingerprint density at radius 2 is 2.00 bits per heavy atom. The zero-order valence-corrected chi connectivity index (χ0v) is 8.01. The first kappa shape index (κ1) is 9.86. The van der Waals surface area contributed by atoms with Crippen LogP contribution in [-0.2, 0) is 0 Å². The van der Waals surface area contributed by atoms with Crippen molar-refractivity contribution in [1.29, 1.82) is 0 Å². The van der Waals surface area contributed by atoms with Gasteiger partial charge < -0.3 is 16.4 Å². The maximum absolute atomic E-state index is 5.75. The number of nitrogens with one attached hydrogen (secondary N) is 2. The Labute approximate surface area is 79.3 Å². The largest absolute Gasteiger partial charge is 0.397 e. The standard InChI is InChI=1S/C10H17N3/c1-2-12-7-8-13-10-6-4-3-5-9(10)11/h3-6,12-13H,2,7-8,11H2,1H3. The number of anilines is 2. The number of nitrogens with two attached hydrogens (primary N) is 1. The molecule has 1 rings (SSSR count). The highest BCUT2D eigenvalue weighted by molar-refractivity contribution is 5.65. The first-order valence-corrected chi connectivity index (χ1v) is 4.63. The van der Waals surface area contributed by atoms with Gasteiger partial charge in [0, 0.05) is 13.1 Å². The van der Waals surface area contributed by atoms with Crippen LogP contribution in [0, 0.1) is 0 Å². The molecule has 3 heteroatoms. The molecule has 0 heterocycles. The second-order valence-electron chi connectivity index (χ2n) is 2.87. The van der Waals surface area contributed by atoms with Crippen LogP contribution in [0.3, 0.4) is 0 Å². The van der Waals surface area contributed by atoms with E-state index < -0.39 is 0 Å². The molecule has 0 spiro atoms. The van der Waals surface area contributed by atoms with Gasteiger partial charge in [-0.2, -0.15) is 0 Å². The van der Waals surface area contributed by atoms with E-state index in [0.717, 1.165) is 31.0 Å². The van der Waals surface area contributed by atoms with Crippen molar-refractivity contribution < 1.29 is 0 Å². The summed E-state index contributed by atoms with van der Waals surface area (Å²) in [6, 6.07) is 7.80. The van der Waals surface area contributed by atoms with Crippen LogP contribution < -0.4 is 16.4 Å². The SMILES string of the molecule is CCNCCNc1ccccc1N. The molecule has 0 radical (unpaired) electrons. The van der Waals surface area contributed by atoms with Crippen molar-refractivity contribution in [2.75, 3.05) is 30.7 Å². The minimum absolute atomic E-state index is 0.805. The Bertz CT molecular complexity index is 248. The van der Waals surface area contributed by atoms with Gasteiger partial charge in [-0.3, -0.25) is 0 Å². The molecule has 0 bridgehead atoms. The van der Waals surface area contributed by atoms with Crippen LogP contribution >= 0.6 is 0 Å². The number of likely N-dealkylation sites (N-methyl/N-ethyl adjacent to an activating group) is 1. The van der Waals surface area contributed by atoms with Crippen LogP contribution in [0.25, 0.3) is 0 Å². The van der Waals surface area contributed by atoms with Crippen LogP contribution in [0.5, 0.6) is 0 Å². The Kier molecular flexibility index (Phi) is 4.12. The van der Waals surface area contributed by atoms with Gasteiger partial charge in [-0.1, -0.05) is 19.1 Å². The number of rotatable bonds is 5. The predicted octanol–water partition coefficient (Wildman–Crippen LogP) is 1.29. The number of hydrogen-bond acceptors (Lipinski definition) is 3. The monoisotopic (exact) mass is 179 g/mol. The highest BCUT2D eigenvalue weighted by Gasteiger charge is 1.94. The molecule has 72 valence electrons. The molecule has 0 aromatic heterocycles. The van der Waals surface area contributed by atoms with Gasteiger partial charge in [0.05, 0.1) is 11.4 Å². The van der Waals surface area contributed by atoms with Crippen LogP contribution in [0.1, 0.15) is 6.92 Å². The molecule has 0 saturated heterocycles. The third-order valence-corrected chi connectivity index (χ3v) is 1.83. The summed E-state index contributed by atoms with van der Waals surface area (Å²) in [6.45, 7) is 4.97. The fraction of sp³-hybridized carbons (Fsp3) is 0.400. The summed E-state index contributed by atoms with van der Waals surface area (Å²) in [6.07, 6.45) is 0. The molecule has 0 unspecified atom stereocenters. The Balaban J connectivity index is 2.32. The van der Waals surface area contributed by atoms with Crippen LogP contribution in [-0.4, -0.2) is 19.6 Å². The summed E-state index contributed by atoms with van der Waals surface area (Å²) in [5.41, 5.74) is 7.57. The lowest BCUT2D eigenvalue weighted by Crippen LogP contribution is -2.21. The van der Waals surface area contributed by atoms with Gasteiger partial charge in [0.2, 0.25) is 0 Å². The van der Waals surface area contributed by atoms with E-state index in [1.807, 2.05) is 24.3 Å². The molecule has 13 heavy (non-hydrogen) atoms. The Morgan fingerprint density at radius 1 is 1.23 bits per heavy atom. The van der Waals surface area contributed by atoms with Crippen molar-refractivity contribution in [1.82, 2.24) is 5.32 Å². The lowest BCUT2D eigenvalue weighted by atomic mass is 10.3. The van der Waals surface area contributed by atoms with Gasteiger partial charge in [-0.15, -0.1) is 0 Å². The summed E-state index contributed by atoms with van der Waals surface area (Å²) in [4.78, 5) is 0. The lowest BCUT2D eigenvalue weighted by molar-refractivity contribution is 0.739. The van der Waals surface area contributed by atoms with Gasteiger partial charge in [0.1, 0.15) is 0 Å². The lowest BCUT2D eigenvalue weighted by Gasteiger charge is -2.08. The summed E-state index contributed by atoms with van der Waals surface area (Å²) in [7, 11) is 0. The van der Waals surface area contributed by atoms with E-state index in [0.29, 0.717) is 0 Å². The normalized spacial score (nSPS) is 9.92. The van der Waals surface area contributed by atoms with Crippen LogP contribution in [0.2, 0.25) is 0 Å². The molecule has 0 amide bonds. The maximum Gasteiger partial charge on any atom is 0.0574 e. The summed E-state index contributed by atoms with van der Waals surface area (Å²) < 4.78 is 0. The molecule has 4 N–H and O–H groups in total. The van der Waals surface area contributed by atoms with E-state index in [9.17, 15) is 0 Å².